The van der Waals surface area contributed by atoms with E-state index in [0.717, 1.165) is 0 Å². The van der Waals surface area contributed by atoms with Gasteiger partial charge in [-0.05, 0) is 24.6 Å². The van der Waals surface area contributed by atoms with E-state index < -0.39 is 13.7 Å². The van der Waals surface area contributed by atoms with Gasteiger partial charge in [0.25, 0.3) is 0 Å². The third kappa shape index (κ3) is 5.19. The molecule has 0 spiro atoms. The predicted molar refractivity (Wildman–Crippen MR) is 111 cm³/mol. The number of hydrogen-bond donors (Lipinski definition) is 3. The highest BCUT2D eigenvalue weighted by Crippen LogP contribution is 2.37. The lowest BCUT2D eigenvalue weighted by molar-refractivity contribution is -0.123. The average Bonchev–Trinajstić information content (AvgIpc) is 2.51. The molecule has 1 aromatic heterocycles. The molecule has 0 saturated heterocycles. The number of nitrogens with one attached hydrogen (secondary N) is 2. The molecule has 8 heteroatoms. The molecule has 2 heterocycles. The third-order valence-corrected chi connectivity index (χ3v) is 9.93. The van der Waals surface area contributed by atoms with E-state index in [-0.39, 0.29) is 28.7 Å². The molecule has 152 valence electrons. The largest absolute Gasteiger partial charge is 0.493 e. The molecule has 0 radical (unpaired) electrons. The fourth-order valence-corrected chi connectivity index (χ4v) is 3.50. The lowest BCUT2D eigenvalue weighted by atomic mass is 9.96. The lowest BCUT2D eigenvalue weighted by Crippen LogP contribution is -2.43. The van der Waals surface area contributed by atoms with Crippen molar-refractivity contribution in [2.24, 2.45) is 11.3 Å². The molecule has 3 N–H and O–H groups in total. The fourth-order valence-electron chi connectivity index (χ4n) is 2.41. The highest BCUT2D eigenvalue weighted by atomic mass is 28.4. The molecule has 7 nitrogen and oxygen atoms in total. The van der Waals surface area contributed by atoms with Crippen LogP contribution in [0.4, 0.5) is 11.8 Å². The number of nitrogens with zero attached hydrogens (tertiary/aromatic N) is 2. The summed E-state index contributed by atoms with van der Waals surface area (Å²) in [6, 6.07) is 0. The predicted octanol–water partition coefficient (Wildman–Crippen LogP) is 3.77. The molecular weight excluding hydrogens is 360 g/mol. The fraction of sp³-hybridized carbons (Fsp3) is 0.737. The highest BCUT2D eigenvalue weighted by Gasteiger charge is 2.38. The summed E-state index contributed by atoms with van der Waals surface area (Å²) in [4.78, 5) is 20.5. The number of amides is 1. The number of aromatic nitrogens is 2. The summed E-state index contributed by atoms with van der Waals surface area (Å²) in [5.74, 6) is 0.660. The van der Waals surface area contributed by atoms with E-state index in [4.69, 9.17) is 4.43 Å². The van der Waals surface area contributed by atoms with Crippen molar-refractivity contribution in [3.05, 3.63) is 5.56 Å². The van der Waals surface area contributed by atoms with E-state index in [0.29, 0.717) is 31.0 Å². The van der Waals surface area contributed by atoms with Crippen molar-refractivity contribution in [3.8, 4) is 5.88 Å². The van der Waals surface area contributed by atoms with Crippen LogP contribution in [0.25, 0.3) is 0 Å². The number of carbonyl (C=O) groups excluding carboxylic acids is 1. The normalized spacial score (nSPS) is 17.9. The lowest BCUT2D eigenvalue weighted by Gasteiger charge is -2.38. The monoisotopic (exact) mass is 394 g/mol. The van der Waals surface area contributed by atoms with Gasteiger partial charge in [-0.1, -0.05) is 41.5 Å². The van der Waals surface area contributed by atoms with Crippen molar-refractivity contribution < 1.29 is 14.3 Å². The van der Waals surface area contributed by atoms with Crippen molar-refractivity contribution in [1.82, 2.24) is 9.97 Å². The van der Waals surface area contributed by atoms with Gasteiger partial charge in [0.2, 0.25) is 17.7 Å². The molecule has 1 aliphatic rings. The van der Waals surface area contributed by atoms with E-state index in [1.165, 1.54) is 0 Å². The van der Waals surface area contributed by atoms with Crippen molar-refractivity contribution in [2.45, 2.75) is 66.1 Å². The molecule has 0 fully saturated rings. The van der Waals surface area contributed by atoms with E-state index in [1.54, 1.807) is 0 Å². The molecular formula is C19H34N4O3Si. The first-order valence-corrected chi connectivity index (χ1v) is 12.4. The van der Waals surface area contributed by atoms with Crippen LogP contribution >= 0.6 is 0 Å². The molecule has 0 saturated carbocycles. The van der Waals surface area contributed by atoms with Gasteiger partial charge in [-0.2, -0.15) is 9.97 Å². The van der Waals surface area contributed by atoms with Crippen LogP contribution in [0.5, 0.6) is 5.88 Å². The third-order valence-electron chi connectivity index (χ3n) is 5.43. The Balaban J connectivity index is 2.07. The zero-order valence-corrected chi connectivity index (χ0v) is 18.9. The van der Waals surface area contributed by atoms with Crippen molar-refractivity contribution in [2.75, 3.05) is 23.8 Å². The van der Waals surface area contributed by atoms with Gasteiger partial charge < -0.3 is 14.8 Å². The van der Waals surface area contributed by atoms with E-state index in [1.807, 2.05) is 20.8 Å². The number of hydrogen-bond acceptors (Lipinski definition) is 6. The Hall–Kier alpha value is -1.67. The minimum Gasteiger partial charge on any atom is -0.493 e. The summed E-state index contributed by atoms with van der Waals surface area (Å²) >= 11 is 0. The Morgan fingerprint density at radius 1 is 1.26 bits per heavy atom. The van der Waals surface area contributed by atoms with Crippen LogP contribution in [-0.4, -0.2) is 42.5 Å². The van der Waals surface area contributed by atoms with Crippen LogP contribution in [0, 0.1) is 11.3 Å². The summed E-state index contributed by atoms with van der Waals surface area (Å²) in [5, 5.41) is 16.4. The Labute approximate surface area is 163 Å². The minimum absolute atomic E-state index is 0.0891. The second-order valence-corrected chi connectivity index (χ2v) is 14.7. The van der Waals surface area contributed by atoms with Crippen molar-refractivity contribution >= 4 is 26.0 Å². The van der Waals surface area contributed by atoms with Crippen LogP contribution in [0.3, 0.4) is 0 Å². The van der Waals surface area contributed by atoms with Gasteiger partial charge in [-0.3, -0.25) is 10.1 Å². The summed E-state index contributed by atoms with van der Waals surface area (Å²) in [6.45, 7) is 17.9. The zero-order chi connectivity index (χ0) is 20.6. The number of aromatic hydroxyl groups is 1. The zero-order valence-electron chi connectivity index (χ0n) is 17.9. The maximum atomic E-state index is 12.1. The van der Waals surface area contributed by atoms with Crippen LogP contribution < -0.4 is 10.6 Å². The molecule has 1 aliphatic heterocycles. The van der Waals surface area contributed by atoms with Gasteiger partial charge in [0.05, 0.1) is 5.56 Å². The Kier molecular flexibility index (Phi) is 5.92. The van der Waals surface area contributed by atoms with Crippen LogP contribution in [0.1, 0.15) is 47.1 Å². The number of rotatable bonds is 4. The topological polar surface area (TPSA) is 96.4 Å². The maximum absolute atomic E-state index is 12.1. The standard InChI is InChI=1S/C19H34N4O3Si/c1-18(2,3)16(25)23-17-21-14-13(15(24)22-17)9-12(10-20-14)11-26-27(7,8)19(4,5)6/h12H,9-11H2,1-8H3,(H3,20,21,22,23,24,25). The SMILES string of the molecule is CC(C)(C)C(=O)Nc1nc(O)c2c(n1)NCC(CO[Si](C)(C)C(C)(C)C)C2. The molecule has 0 aliphatic carbocycles. The number of carbonyl (C=O) groups is 1. The number of anilines is 2. The first kappa shape index (κ1) is 21.6. The molecule has 0 bridgehead atoms. The summed E-state index contributed by atoms with van der Waals surface area (Å²) < 4.78 is 6.32. The van der Waals surface area contributed by atoms with Gasteiger partial charge in [-0.15, -0.1) is 0 Å². The second kappa shape index (κ2) is 7.39. The van der Waals surface area contributed by atoms with Gasteiger partial charge >= 0.3 is 0 Å². The summed E-state index contributed by atoms with van der Waals surface area (Å²) in [7, 11) is -1.81. The molecule has 1 unspecified atom stereocenters. The summed E-state index contributed by atoms with van der Waals surface area (Å²) in [5.41, 5.74) is 0.118. The number of fused-ring (bicyclic) bond motifs is 1. The van der Waals surface area contributed by atoms with Gasteiger partial charge in [0, 0.05) is 24.5 Å². The van der Waals surface area contributed by atoms with E-state index >= 15 is 0 Å². The molecule has 1 amide bonds. The minimum atomic E-state index is -1.81. The quantitative estimate of drug-likeness (QED) is 0.673. The Morgan fingerprint density at radius 2 is 1.89 bits per heavy atom. The van der Waals surface area contributed by atoms with Crippen LogP contribution in [-0.2, 0) is 15.6 Å². The first-order chi connectivity index (χ1) is 12.2. The molecule has 0 aromatic carbocycles. The van der Waals surface area contributed by atoms with E-state index in [9.17, 15) is 9.90 Å². The summed E-state index contributed by atoms with van der Waals surface area (Å²) in [6.07, 6.45) is 0.649. The Bertz CT molecular complexity index is 708. The second-order valence-electron chi connectivity index (χ2n) is 9.92. The first-order valence-electron chi connectivity index (χ1n) is 9.50. The van der Waals surface area contributed by atoms with Gasteiger partial charge in [0.1, 0.15) is 5.82 Å². The van der Waals surface area contributed by atoms with Gasteiger partial charge in [-0.25, -0.2) is 0 Å². The molecule has 27 heavy (non-hydrogen) atoms. The highest BCUT2D eigenvalue weighted by molar-refractivity contribution is 6.74. The van der Waals surface area contributed by atoms with Crippen LogP contribution in [0.15, 0.2) is 0 Å². The van der Waals surface area contributed by atoms with Crippen molar-refractivity contribution in [3.63, 3.8) is 0 Å². The smallest absolute Gasteiger partial charge is 0.234 e. The Morgan fingerprint density at radius 3 is 2.44 bits per heavy atom. The van der Waals surface area contributed by atoms with E-state index in [2.05, 4.69) is 54.5 Å². The molecule has 1 aromatic rings. The molecule has 2 rings (SSSR count). The van der Waals surface area contributed by atoms with Crippen LogP contribution in [0.2, 0.25) is 18.1 Å². The van der Waals surface area contributed by atoms with Crippen molar-refractivity contribution in [1.29, 1.82) is 0 Å². The molecule has 1 atom stereocenters. The van der Waals surface area contributed by atoms with Gasteiger partial charge in [0.15, 0.2) is 8.32 Å². The maximum Gasteiger partial charge on any atom is 0.234 e. The average molecular weight is 395 g/mol.